The molecule has 2 aliphatic heterocycles. The van der Waals surface area contributed by atoms with Crippen LogP contribution in [0, 0.1) is 0 Å². The highest BCUT2D eigenvalue weighted by atomic mass is 15.3. The summed E-state index contributed by atoms with van der Waals surface area (Å²) in [5.41, 5.74) is 11.8. The summed E-state index contributed by atoms with van der Waals surface area (Å²) in [4.78, 5) is 6.85. The molecule has 2 atom stereocenters. The zero-order valence-corrected chi connectivity index (χ0v) is 17.3. The Labute approximate surface area is 177 Å². The first-order chi connectivity index (χ1) is 14.6. The summed E-state index contributed by atoms with van der Waals surface area (Å²) in [6, 6.07) is 21.2. The Hall–Kier alpha value is -3.44. The Bertz CT molecular complexity index is 1120. The maximum absolute atomic E-state index is 4.78. The number of rotatable bonds is 4. The summed E-state index contributed by atoms with van der Waals surface area (Å²) >= 11 is 0. The SMILES string of the molecule is C=C1NN=C2c3c(cccc31)NC(c1ccccn1)C2c1ccc(CN(C)C)cc1. The molecule has 2 aliphatic rings. The highest BCUT2D eigenvalue weighted by Crippen LogP contribution is 2.45. The van der Waals surface area contributed by atoms with Crippen molar-refractivity contribution < 1.29 is 0 Å². The standard InChI is InChI=1S/C25H25N5/c1-16-19-7-6-9-20-23(19)25(29-28-16)22(24(27-20)21-8-4-5-14-26-21)18-12-10-17(11-13-18)15-30(2)3/h4-14,22,24,27-28H,1,15H2,2-3H3. The van der Waals surface area contributed by atoms with Crippen LogP contribution >= 0.6 is 0 Å². The van der Waals surface area contributed by atoms with Gasteiger partial charge in [-0.1, -0.05) is 49.0 Å². The van der Waals surface area contributed by atoms with Gasteiger partial charge < -0.3 is 10.2 Å². The van der Waals surface area contributed by atoms with E-state index in [1.807, 2.05) is 18.3 Å². The van der Waals surface area contributed by atoms with Crippen molar-refractivity contribution in [3.8, 4) is 0 Å². The van der Waals surface area contributed by atoms with Crippen molar-refractivity contribution in [1.82, 2.24) is 15.3 Å². The van der Waals surface area contributed by atoms with Crippen LogP contribution in [0.1, 0.15) is 39.9 Å². The predicted octanol–water partition coefficient (Wildman–Crippen LogP) is 4.37. The van der Waals surface area contributed by atoms with Crippen LogP contribution in [-0.4, -0.2) is 29.7 Å². The van der Waals surface area contributed by atoms with Gasteiger partial charge in [0.2, 0.25) is 0 Å². The zero-order valence-electron chi connectivity index (χ0n) is 17.3. The Kier molecular flexibility index (Phi) is 4.60. The van der Waals surface area contributed by atoms with Crippen LogP contribution < -0.4 is 10.7 Å². The van der Waals surface area contributed by atoms with Crippen molar-refractivity contribution in [3.63, 3.8) is 0 Å². The van der Waals surface area contributed by atoms with Crippen LogP contribution in [0.4, 0.5) is 5.69 Å². The number of hydrazone groups is 1. The Morgan fingerprint density at radius 3 is 2.57 bits per heavy atom. The van der Waals surface area contributed by atoms with Gasteiger partial charge in [0.25, 0.3) is 0 Å². The van der Waals surface area contributed by atoms with E-state index in [1.54, 1.807) is 0 Å². The minimum absolute atomic E-state index is 0.0134. The second kappa shape index (κ2) is 7.43. The molecule has 0 radical (unpaired) electrons. The molecule has 0 aliphatic carbocycles. The lowest BCUT2D eigenvalue weighted by molar-refractivity contribution is 0.402. The minimum atomic E-state index is -0.0134. The molecule has 0 saturated heterocycles. The van der Waals surface area contributed by atoms with Crippen molar-refractivity contribution in [2.75, 3.05) is 19.4 Å². The van der Waals surface area contributed by atoms with Crippen molar-refractivity contribution in [2.45, 2.75) is 18.5 Å². The number of nitrogens with zero attached hydrogens (tertiary/aromatic N) is 3. The molecule has 2 aromatic carbocycles. The third kappa shape index (κ3) is 3.17. The smallest absolute Gasteiger partial charge is 0.0810 e. The van der Waals surface area contributed by atoms with Gasteiger partial charge in [-0.05, 0) is 43.4 Å². The summed E-state index contributed by atoms with van der Waals surface area (Å²) in [5, 5.41) is 8.53. The second-order valence-corrected chi connectivity index (χ2v) is 8.15. The van der Waals surface area contributed by atoms with E-state index in [0.717, 1.165) is 40.5 Å². The molecule has 150 valence electrons. The molecule has 1 aromatic heterocycles. The number of hydrogen-bond acceptors (Lipinski definition) is 5. The molecule has 5 nitrogen and oxygen atoms in total. The lowest BCUT2D eigenvalue weighted by atomic mass is 9.77. The first-order valence-corrected chi connectivity index (χ1v) is 10.2. The van der Waals surface area contributed by atoms with E-state index in [9.17, 15) is 0 Å². The summed E-state index contributed by atoms with van der Waals surface area (Å²) in [6.07, 6.45) is 1.85. The van der Waals surface area contributed by atoms with Gasteiger partial charge in [-0.25, -0.2) is 0 Å². The van der Waals surface area contributed by atoms with Crippen LogP contribution in [0.2, 0.25) is 0 Å². The van der Waals surface area contributed by atoms with E-state index in [2.05, 4.69) is 89.8 Å². The highest BCUT2D eigenvalue weighted by Gasteiger charge is 2.39. The van der Waals surface area contributed by atoms with E-state index in [0.29, 0.717) is 0 Å². The fraction of sp³-hybridized carbons (Fsp3) is 0.200. The van der Waals surface area contributed by atoms with Gasteiger partial charge in [0.15, 0.2) is 0 Å². The van der Waals surface area contributed by atoms with E-state index < -0.39 is 0 Å². The van der Waals surface area contributed by atoms with Crippen LogP contribution in [0.3, 0.4) is 0 Å². The monoisotopic (exact) mass is 395 g/mol. The summed E-state index contributed by atoms with van der Waals surface area (Å²) in [5.74, 6) is 0.0301. The van der Waals surface area contributed by atoms with E-state index >= 15 is 0 Å². The summed E-state index contributed by atoms with van der Waals surface area (Å²) < 4.78 is 0. The number of nitrogens with one attached hydrogen (secondary N) is 2. The van der Waals surface area contributed by atoms with Crippen molar-refractivity contribution in [3.05, 3.63) is 101 Å². The third-order valence-corrected chi connectivity index (χ3v) is 5.74. The molecule has 0 spiro atoms. The average molecular weight is 396 g/mol. The molecule has 0 saturated carbocycles. The van der Waals surface area contributed by atoms with Crippen LogP contribution in [-0.2, 0) is 6.54 Å². The predicted molar refractivity (Wildman–Crippen MR) is 122 cm³/mol. The van der Waals surface area contributed by atoms with E-state index in [1.165, 1.54) is 11.1 Å². The molecule has 0 amide bonds. The van der Waals surface area contributed by atoms with Crippen LogP contribution in [0.25, 0.3) is 5.70 Å². The van der Waals surface area contributed by atoms with Gasteiger partial charge in [-0.2, -0.15) is 5.10 Å². The molecular weight excluding hydrogens is 370 g/mol. The fourth-order valence-corrected chi connectivity index (χ4v) is 4.43. The maximum atomic E-state index is 4.78. The Balaban J connectivity index is 1.65. The molecule has 3 aromatic rings. The fourth-order valence-electron chi connectivity index (χ4n) is 4.43. The first-order valence-electron chi connectivity index (χ1n) is 10.2. The largest absolute Gasteiger partial charge is 0.375 e. The molecule has 30 heavy (non-hydrogen) atoms. The lowest BCUT2D eigenvalue weighted by Crippen LogP contribution is -2.36. The molecule has 5 heteroatoms. The Morgan fingerprint density at radius 2 is 1.83 bits per heavy atom. The second-order valence-electron chi connectivity index (χ2n) is 8.15. The minimum Gasteiger partial charge on any atom is -0.375 e. The quantitative estimate of drug-likeness (QED) is 0.689. The van der Waals surface area contributed by atoms with Gasteiger partial charge in [0.05, 0.1) is 29.1 Å². The summed E-state index contributed by atoms with van der Waals surface area (Å²) in [7, 11) is 4.17. The zero-order chi connectivity index (χ0) is 20.7. The summed E-state index contributed by atoms with van der Waals surface area (Å²) in [6.45, 7) is 5.06. The van der Waals surface area contributed by atoms with E-state index in [-0.39, 0.29) is 12.0 Å². The molecule has 2 unspecified atom stereocenters. The van der Waals surface area contributed by atoms with Crippen LogP contribution in [0.5, 0.6) is 0 Å². The molecule has 0 fully saturated rings. The molecule has 0 bridgehead atoms. The first kappa shape index (κ1) is 18.6. The molecular formula is C25H25N5. The average Bonchev–Trinajstić information content (AvgIpc) is 2.77. The van der Waals surface area contributed by atoms with Crippen molar-refractivity contribution >= 4 is 17.1 Å². The number of hydrogen-bond donors (Lipinski definition) is 2. The van der Waals surface area contributed by atoms with Gasteiger partial charge >= 0.3 is 0 Å². The van der Waals surface area contributed by atoms with E-state index in [4.69, 9.17) is 5.10 Å². The van der Waals surface area contributed by atoms with Gasteiger partial charge in [-0.3, -0.25) is 10.4 Å². The molecule has 3 heterocycles. The molecule has 2 N–H and O–H groups in total. The molecule has 5 rings (SSSR count). The lowest BCUT2D eigenvalue weighted by Gasteiger charge is -2.38. The highest BCUT2D eigenvalue weighted by molar-refractivity contribution is 6.15. The Morgan fingerprint density at radius 1 is 1.00 bits per heavy atom. The van der Waals surface area contributed by atoms with Crippen LogP contribution in [0.15, 0.2) is 78.5 Å². The maximum Gasteiger partial charge on any atom is 0.0810 e. The van der Waals surface area contributed by atoms with Crippen molar-refractivity contribution in [2.24, 2.45) is 5.10 Å². The number of aromatic nitrogens is 1. The number of anilines is 1. The normalized spacial score (nSPS) is 19.6. The number of pyridine rings is 1. The third-order valence-electron chi connectivity index (χ3n) is 5.74. The van der Waals surface area contributed by atoms with Crippen molar-refractivity contribution in [1.29, 1.82) is 0 Å². The van der Waals surface area contributed by atoms with Gasteiger partial charge in [0.1, 0.15) is 0 Å². The topological polar surface area (TPSA) is 52.6 Å². The number of benzene rings is 2. The van der Waals surface area contributed by atoms with Gasteiger partial charge in [0, 0.05) is 29.6 Å². The van der Waals surface area contributed by atoms with Gasteiger partial charge in [-0.15, -0.1) is 0 Å².